The molecule has 1 amide bonds. The topological polar surface area (TPSA) is 29.5 Å². The Bertz CT molecular complexity index is 91.9. The molecule has 0 saturated heterocycles. The molecule has 1 aliphatic rings. The SMILES string of the molecule is O=[C]N1CC=CO1. The minimum absolute atomic E-state index is 0.517. The molecule has 1 heterocycles. The first-order chi connectivity index (χ1) is 3.43. The Kier molecular flexibility index (Phi) is 0.978. The number of nitrogens with zero attached hydrogens (tertiary/aromatic N) is 1. The van der Waals surface area contributed by atoms with Gasteiger partial charge in [-0.15, -0.1) is 0 Å². The van der Waals surface area contributed by atoms with Crippen molar-refractivity contribution < 1.29 is 9.63 Å². The molecule has 0 saturated carbocycles. The van der Waals surface area contributed by atoms with E-state index in [1.165, 1.54) is 6.26 Å². The molecule has 3 nitrogen and oxygen atoms in total. The molecule has 0 bridgehead atoms. The van der Waals surface area contributed by atoms with Gasteiger partial charge in [-0.3, -0.25) is 4.79 Å². The quantitative estimate of drug-likeness (QED) is 0.455. The van der Waals surface area contributed by atoms with E-state index in [2.05, 4.69) is 4.84 Å². The summed E-state index contributed by atoms with van der Waals surface area (Å²) in [5, 5.41) is 1.07. The van der Waals surface area contributed by atoms with Gasteiger partial charge in [0, 0.05) is 0 Å². The molecule has 1 radical (unpaired) electrons. The lowest BCUT2D eigenvalue weighted by atomic mass is 10.6. The van der Waals surface area contributed by atoms with Crippen LogP contribution in [-0.4, -0.2) is 18.0 Å². The second-order valence-electron chi connectivity index (χ2n) is 1.13. The van der Waals surface area contributed by atoms with E-state index in [-0.39, 0.29) is 0 Å². The molecular formula is C4H4NO2. The number of carbonyl (C=O) groups excluding carboxylic acids is 1. The standard InChI is InChI=1S/C4H4NO2/c6-4-5-2-1-3-7-5/h1,3H,2H2. The van der Waals surface area contributed by atoms with E-state index in [4.69, 9.17) is 0 Å². The van der Waals surface area contributed by atoms with Crippen molar-refractivity contribution in [1.82, 2.24) is 5.06 Å². The van der Waals surface area contributed by atoms with Gasteiger partial charge in [-0.25, -0.2) is 0 Å². The van der Waals surface area contributed by atoms with E-state index < -0.39 is 0 Å². The van der Waals surface area contributed by atoms with Gasteiger partial charge >= 0.3 is 6.41 Å². The number of hydrogen-bond acceptors (Lipinski definition) is 2. The van der Waals surface area contributed by atoms with Gasteiger partial charge in [0.2, 0.25) is 0 Å². The van der Waals surface area contributed by atoms with Crippen molar-refractivity contribution in [1.29, 1.82) is 0 Å². The van der Waals surface area contributed by atoms with E-state index >= 15 is 0 Å². The third kappa shape index (κ3) is 0.707. The van der Waals surface area contributed by atoms with E-state index in [1.54, 1.807) is 12.5 Å². The molecule has 1 rings (SSSR count). The zero-order chi connectivity index (χ0) is 5.11. The third-order valence-electron chi connectivity index (χ3n) is 0.657. The van der Waals surface area contributed by atoms with Gasteiger partial charge in [-0.2, -0.15) is 5.06 Å². The molecule has 0 N–H and O–H groups in total. The van der Waals surface area contributed by atoms with Crippen molar-refractivity contribution in [3.63, 3.8) is 0 Å². The molecule has 0 aromatic rings. The number of rotatable bonds is 1. The highest BCUT2D eigenvalue weighted by atomic mass is 16.7. The van der Waals surface area contributed by atoms with E-state index in [0.29, 0.717) is 6.54 Å². The van der Waals surface area contributed by atoms with Crippen molar-refractivity contribution in [2.24, 2.45) is 0 Å². The maximum Gasteiger partial charge on any atom is 0.347 e. The first-order valence-corrected chi connectivity index (χ1v) is 1.90. The molecule has 0 unspecified atom stereocenters. The molecule has 7 heavy (non-hydrogen) atoms. The maximum absolute atomic E-state index is 9.64. The summed E-state index contributed by atoms with van der Waals surface area (Å²) in [5.74, 6) is 0. The Morgan fingerprint density at radius 2 is 2.71 bits per heavy atom. The van der Waals surface area contributed by atoms with E-state index in [1.807, 2.05) is 0 Å². The second kappa shape index (κ2) is 1.64. The highest BCUT2D eigenvalue weighted by Crippen LogP contribution is 1.94. The van der Waals surface area contributed by atoms with Gasteiger partial charge < -0.3 is 4.84 Å². The van der Waals surface area contributed by atoms with Crippen LogP contribution < -0.4 is 0 Å². The lowest BCUT2D eigenvalue weighted by Gasteiger charge is -2.01. The molecule has 0 aromatic carbocycles. The smallest absolute Gasteiger partial charge is 0.347 e. The van der Waals surface area contributed by atoms with Crippen molar-refractivity contribution in [3.05, 3.63) is 12.3 Å². The molecule has 37 valence electrons. The Morgan fingerprint density at radius 3 is 3.00 bits per heavy atom. The van der Waals surface area contributed by atoms with Crippen LogP contribution in [0.4, 0.5) is 0 Å². The summed E-state index contributed by atoms with van der Waals surface area (Å²) < 4.78 is 0. The molecule has 0 atom stereocenters. The van der Waals surface area contributed by atoms with E-state index in [9.17, 15) is 4.79 Å². The number of hydroxylamine groups is 2. The van der Waals surface area contributed by atoms with Crippen LogP contribution in [0.5, 0.6) is 0 Å². The minimum atomic E-state index is 0.517. The van der Waals surface area contributed by atoms with Crippen LogP contribution >= 0.6 is 0 Å². The molecule has 0 fully saturated rings. The summed E-state index contributed by atoms with van der Waals surface area (Å²) in [6.07, 6.45) is 4.74. The molecular weight excluding hydrogens is 94.0 g/mol. The molecule has 0 spiro atoms. The lowest BCUT2D eigenvalue weighted by Crippen LogP contribution is -2.14. The van der Waals surface area contributed by atoms with Crippen LogP contribution in [0.2, 0.25) is 0 Å². The average Bonchev–Trinajstić information content (AvgIpc) is 2.14. The van der Waals surface area contributed by atoms with Gasteiger partial charge in [0.15, 0.2) is 0 Å². The zero-order valence-electron chi connectivity index (χ0n) is 3.63. The highest BCUT2D eigenvalue weighted by Gasteiger charge is 2.02. The minimum Gasteiger partial charge on any atom is -0.384 e. The van der Waals surface area contributed by atoms with Gasteiger partial charge in [-0.05, 0) is 6.08 Å². The summed E-state index contributed by atoms with van der Waals surface area (Å²) in [5.41, 5.74) is 0. The Morgan fingerprint density at radius 1 is 1.86 bits per heavy atom. The van der Waals surface area contributed by atoms with Gasteiger partial charge in [0.25, 0.3) is 0 Å². The summed E-state index contributed by atoms with van der Waals surface area (Å²) in [6.45, 7) is 0.517. The van der Waals surface area contributed by atoms with Gasteiger partial charge in [0.1, 0.15) is 6.26 Å². The Hall–Kier alpha value is -0.990. The Balaban J connectivity index is 2.35. The van der Waals surface area contributed by atoms with Crippen LogP contribution in [0.3, 0.4) is 0 Å². The summed E-state index contributed by atoms with van der Waals surface area (Å²) in [7, 11) is 0. The fourth-order valence-electron chi connectivity index (χ4n) is 0.357. The van der Waals surface area contributed by atoms with E-state index in [0.717, 1.165) is 5.06 Å². The van der Waals surface area contributed by atoms with Crippen LogP contribution in [-0.2, 0) is 9.63 Å². The van der Waals surface area contributed by atoms with Gasteiger partial charge in [-0.1, -0.05) is 0 Å². The predicted octanol–water partition coefficient (Wildman–Crippen LogP) is -0.185. The first-order valence-electron chi connectivity index (χ1n) is 1.90. The summed E-state index contributed by atoms with van der Waals surface area (Å²) in [4.78, 5) is 14.2. The maximum atomic E-state index is 9.64. The molecule has 3 heteroatoms. The zero-order valence-corrected chi connectivity index (χ0v) is 3.63. The summed E-state index contributed by atoms with van der Waals surface area (Å²) in [6, 6.07) is 0. The predicted molar refractivity (Wildman–Crippen MR) is 22.6 cm³/mol. The fourth-order valence-corrected chi connectivity index (χ4v) is 0.357. The van der Waals surface area contributed by atoms with Crippen molar-refractivity contribution >= 4 is 6.41 Å². The number of hydrogen-bond donors (Lipinski definition) is 0. The lowest BCUT2D eigenvalue weighted by molar-refractivity contribution is -0.00339. The number of amides is 1. The first kappa shape index (κ1) is 4.18. The second-order valence-corrected chi connectivity index (χ2v) is 1.13. The van der Waals surface area contributed by atoms with Crippen molar-refractivity contribution in [2.75, 3.05) is 6.54 Å². The molecule has 0 aliphatic carbocycles. The molecule has 1 aliphatic heterocycles. The fraction of sp³-hybridized carbons (Fsp3) is 0.250. The van der Waals surface area contributed by atoms with Crippen molar-refractivity contribution in [2.45, 2.75) is 0 Å². The monoisotopic (exact) mass is 98.0 g/mol. The largest absolute Gasteiger partial charge is 0.384 e. The van der Waals surface area contributed by atoms with Crippen LogP contribution in [0.1, 0.15) is 0 Å². The van der Waals surface area contributed by atoms with Crippen LogP contribution in [0, 0.1) is 0 Å². The summed E-state index contributed by atoms with van der Waals surface area (Å²) >= 11 is 0. The average molecular weight is 98.1 g/mol. The highest BCUT2D eigenvalue weighted by molar-refractivity contribution is 5.47. The normalized spacial score (nSPS) is 16.9. The van der Waals surface area contributed by atoms with Crippen LogP contribution in [0.15, 0.2) is 12.3 Å². The van der Waals surface area contributed by atoms with Gasteiger partial charge in [0.05, 0.1) is 6.54 Å². The van der Waals surface area contributed by atoms with Crippen LogP contribution in [0.25, 0.3) is 0 Å². The van der Waals surface area contributed by atoms with Crippen molar-refractivity contribution in [3.8, 4) is 0 Å². The molecule has 0 aromatic heterocycles. The Labute approximate surface area is 41.1 Å². The third-order valence-corrected chi connectivity index (χ3v) is 0.657.